The van der Waals surface area contributed by atoms with Crippen LogP contribution >= 0.6 is 0 Å². The number of aryl methyl sites for hydroxylation is 2. The van der Waals surface area contributed by atoms with Crippen molar-refractivity contribution in [3.05, 3.63) is 101 Å². The number of imidazole rings is 1. The molecular weight excluding hydrogens is 773 g/mol. The molecule has 0 saturated carbocycles. The number of aliphatic carboxylic acids is 1. The molecule has 2 atom stereocenters. The lowest BCUT2D eigenvalue weighted by Crippen LogP contribution is -2.52. The highest BCUT2D eigenvalue weighted by Gasteiger charge is 2.29. The van der Waals surface area contributed by atoms with Crippen molar-refractivity contribution in [1.29, 1.82) is 0 Å². The normalized spacial score (nSPS) is 13.6. The van der Waals surface area contributed by atoms with Crippen LogP contribution in [0.1, 0.15) is 111 Å². The van der Waals surface area contributed by atoms with Crippen LogP contribution in [0.4, 0.5) is 0 Å². The predicted octanol–water partition coefficient (Wildman–Crippen LogP) is 7.88. The Bertz CT molecular complexity index is 2640. The molecule has 2 amide bonds. The first-order valence-corrected chi connectivity index (χ1v) is 20.4. The zero-order chi connectivity index (χ0) is 44.1. The van der Waals surface area contributed by atoms with Gasteiger partial charge in [-0.25, -0.2) is 19.7 Å². The molecule has 2 aliphatic rings. The molecular formula is C47H54N8O6. The maximum atomic E-state index is 13.8. The minimum Gasteiger partial charge on any atom is -0.481 e. The van der Waals surface area contributed by atoms with Gasteiger partial charge >= 0.3 is 11.9 Å². The van der Waals surface area contributed by atoms with E-state index in [-0.39, 0.29) is 43.9 Å². The fraction of sp³-hybridized carbons (Fsp3) is 0.340. The molecule has 0 saturated heterocycles. The number of amides is 2. The summed E-state index contributed by atoms with van der Waals surface area (Å²) in [4.78, 5) is 76.2. The second-order valence-corrected chi connectivity index (χ2v) is 15.9. The monoisotopic (exact) mass is 826 g/mol. The van der Waals surface area contributed by atoms with Gasteiger partial charge in [-0.1, -0.05) is 39.2 Å². The van der Waals surface area contributed by atoms with E-state index in [4.69, 9.17) is 14.7 Å². The number of carbonyl (C=O) groups is 4. The molecule has 6 N–H and O–H groups in total. The SMILES string of the molecule is C=Cc1c(C)c2cc3[nH]c(cc4nc(cc5nc(cc1[nH]2)C(C)=C5CCC(=O)O)C(CCC(=O)N[C@H](CC(C)C)C(=O)N[C@H](Cc1cnc[nH]1)C(=O)OC)=C4C)c(C)c3C=C. The Morgan fingerprint density at radius 1 is 0.770 bits per heavy atom. The number of hydrogen-bond donors (Lipinski definition) is 6. The van der Waals surface area contributed by atoms with Gasteiger partial charge in [-0.05, 0) is 111 Å². The van der Waals surface area contributed by atoms with E-state index in [9.17, 15) is 24.3 Å². The number of aromatic amines is 3. The summed E-state index contributed by atoms with van der Waals surface area (Å²) >= 11 is 0. The molecule has 2 aliphatic heterocycles. The van der Waals surface area contributed by atoms with Crippen molar-refractivity contribution in [2.75, 3.05) is 7.11 Å². The van der Waals surface area contributed by atoms with Crippen molar-refractivity contribution < 1.29 is 29.0 Å². The van der Waals surface area contributed by atoms with E-state index in [0.717, 1.165) is 66.6 Å². The summed E-state index contributed by atoms with van der Waals surface area (Å²) in [5.74, 6) is -2.34. The summed E-state index contributed by atoms with van der Waals surface area (Å²) in [5, 5.41) is 15.4. The lowest BCUT2D eigenvalue weighted by molar-refractivity contribution is -0.145. The highest BCUT2D eigenvalue weighted by Crippen LogP contribution is 2.38. The second-order valence-electron chi connectivity index (χ2n) is 15.9. The van der Waals surface area contributed by atoms with Crippen LogP contribution in [0.3, 0.4) is 0 Å². The number of ether oxygens (including phenoxy) is 1. The summed E-state index contributed by atoms with van der Waals surface area (Å²) in [6.45, 7) is 20.1. The van der Waals surface area contributed by atoms with E-state index < -0.39 is 29.9 Å². The number of aromatic nitrogens is 6. The number of nitrogens with one attached hydrogen (secondary N) is 5. The van der Waals surface area contributed by atoms with Crippen LogP contribution in [-0.4, -0.2) is 78.0 Å². The number of nitrogens with zero attached hydrogens (tertiary/aromatic N) is 3. The summed E-state index contributed by atoms with van der Waals surface area (Å²) in [6.07, 6.45) is 7.65. The van der Waals surface area contributed by atoms with Gasteiger partial charge in [-0.2, -0.15) is 0 Å². The number of fused-ring (bicyclic) bond motifs is 8. The first-order chi connectivity index (χ1) is 29.1. The van der Waals surface area contributed by atoms with Crippen molar-refractivity contribution in [2.45, 2.75) is 92.2 Å². The molecule has 61 heavy (non-hydrogen) atoms. The Morgan fingerprint density at radius 2 is 1.33 bits per heavy atom. The quantitative estimate of drug-likeness (QED) is 0.0607. The Labute approximate surface area is 354 Å². The summed E-state index contributed by atoms with van der Waals surface area (Å²) in [5.41, 5.74) is 13.8. The summed E-state index contributed by atoms with van der Waals surface area (Å²) < 4.78 is 4.96. The smallest absolute Gasteiger partial charge is 0.328 e. The van der Waals surface area contributed by atoms with E-state index in [1.54, 1.807) is 6.20 Å². The van der Waals surface area contributed by atoms with E-state index in [2.05, 4.69) is 49.8 Å². The maximum Gasteiger partial charge on any atom is 0.328 e. The van der Waals surface area contributed by atoms with Gasteiger partial charge in [0.25, 0.3) is 0 Å². The van der Waals surface area contributed by atoms with Crippen molar-refractivity contribution in [3.8, 4) is 0 Å². The third-order valence-electron chi connectivity index (χ3n) is 11.4. The molecule has 0 aliphatic carbocycles. The first-order valence-electron chi connectivity index (χ1n) is 20.4. The van der Waals surface area contributed by atoms with Crippen LogP contribution in [-0.2, 0) is 30.3 Å². The molecule has 14 nitrogen and oxygen atoms in total. The topological polar surface area (TPSA) is 208 Å². The number of H-pyrrole nitrogens is 3. The predicted molar refractivity (Wildman–Crippen MR) is 239 cm³/mol. The lowest BCUT2D eigenvalue weighted by Gasteiger charge is -2.23. The second kappa shape index (κ2) is 18.6. The van der Waals surface area contributed by atoms with Gasteiger partial charge < -0.3 is 35.4 Å². The van der Waals surface area contributed by atoms with Crippen LogP contribution < -0.4 is 10.6 Å². The van der Waals surface area contributed by atoms with Gasteiger partial charge in [0.15, 0.2) is 0 Å². The molecule has 0 radical (unpaired) electrons. The zero-order valence-electron chi connectivity index (χ0n) is 35.8. The van der Waals surface area contributed by atoms with Gasteiger partial charge in [-0.3, -0.25) is 14.4 Å². The summed E-state index contributed by atoms with van der Waals surface area (Å²) in [6, 6.07) is 5.98. The molecule has 0 aromatic carbocycles. The molecule has 0 unspecified atom stereocenters. The van der Waals surface area contributed by atoms with Crippen molar-refractivity contribution >= 4 is 80.3 Å². The number of esters is 1. The van der Waals surface area contributed by atoms with Crippen LogP contribution in [0.2, 0.25) is 0 Å². The average molecular weight is 827 g/mol. The number of carboxylic acids is 1. The van der Waals surface area contributed by atoms with Crippen LogP contribution in [0.5, 0.6) is 0 Å². The van der Waals surface area contributed by atoms with Gasteiger partial charge in [0.1, 0.15) is 12.1 Å². The van der Waals surface area contributed by atoms with Gasteiger partial charge in [0, 0.05) is 64.3 Å². The van der Waals surface area contributed by atoms with Gasteiger partial charge in [-0.15, -0.1) is 0 Å². The minimum atomic E-state index is -0.992. The fourth-order valence-corrected chi connectivity index (χ4v) is 7.97. The van der Waals surface area contributed by atoms with Crippen molar-refractivity contribution in [3.63, 3.8) is 0 Å². The standard InChI is InChI=1S/C47H54N8O6/c1-10-30-25(5)34-18-35-27(7)32(12-14-44(56)54-42(16-24(3)4)46(59)55-43(47(60)61-9)17-29-22-48-23-49-29)40(52-35)21-41-33(13-15-45(57)58)28(8)37(53-41)20-39-31(11-2)26(6)36(51-39)19-38(30)50-34/h10-11,18-24,42-43,50-51H,1-2,12-17H2,3-9H3,(H,48,49)(H,54,56)(H,55,59)(H,57,58)/t42-,43-/m1/s1. The molecule has 4 aromatic heterocycles. The maximum absolute atomic E-state index is 13.8. The first kappa shape index (κ1) is 43.7. The number of rotatable bonds is 16. The van der Waals surface area contributed by atoms with Crippen molar-refractivity contribution in [2.24, 2.45) is 5.92 Å². The number of methoxy groups -OCH3 is 1. The van der Waals surface area contributed by atoms with E-state index >= 15 is 0 Å². The number of carbonyl (C=O) groups excluding carboxylic acids is 3. The zero-order valence-corrected chi connectivity index (χ0v) is 35.8. The molecule has 6 heterocycles. The highest BCUT2D eigenvalue weighted by molar-refractivity contribution is 5.98. The molecule has 318 valence electrons. The Morgan fingerprint density at radius 3 is 1.85 bits per heavy atom. The van der Waals surface area contributed by atoms with E-state index in [1.807, 2.05) is 71.9 Å². The van der Waals surface area contributed by atoms with Crippen LogP contribution in [0.25, 0.3) is 56.5 Å². The average Bonchev–Trinajstić information content (AvgIpc) is 4.02. The van der Waals surface area contributed by atoms with Gasteiger partial charge in [0.2, 0.25) is 11.8 Å². The largest absolute Gasteiger partial charge is 0.481 e. The van der Waals surface area contributed by atoms with Crippen LogP contribution in [0, 0.1) is 19.8 Å². The third-order valence-corrected chi connectivity index (χ3v) is 11.4. The highest BCUT2D eigenvalue weighted by atomic mass is 16.5. The number of carboxylic acid groups (broad SMARTS) is 1. The number of allylic oxidation sites excluding steroid dienone is 4. The minimum absolute atomic E-state index is 0.0293. The van der Waals surface area contributed by atoms with Crippen LogP contribution in [0.15, 0.2) is 49.9 Å². The Balaban J connectivity index is 1.41. The van der Waals surface area contributed by atoms with Gasteiger partial charge in [0.05, 0.1) is 36.2 Å². The summed E-state index contributed by atoms with van der Waals surface area (Å²) in [7, 11) is 1.25. The van der Waals surface area contributed by atoms with E-state index in [1.165, 1.54) is 13.4 Å². The Hall–Kier alpha value is -6.83. The lowest BCUT2D eigenvalue weighted by atomic mass is 9.98. The Kier molecular flexibility index (Phi) is 13.3. The van der Waals surface area contributed by atoms with E-state index in [0.29, 0.717) is 34.9 Å². The fourth-order valence-electron chi connectivity index (χ4n) is 7.97. The molecule has 8 bridgehead atoms. The molecule has 6 rings (SSSR count). The third kappa shape index (κ3) is 9.64. The molecule has 0 fully saturated rings. The molecule has 14 heteroatoms. The number of hydrogen-bond acceptors (Lipinski definition) is 8. The molecule has 0 spiro atoms. The van der Waals surface area contributed by atoms with Crippen molar-refractivity contribution in [1.82, 2.24) is 40.5 Å². The molecule has 4 aromatic rings.